The van der Waals surface area contributed by atoms with Crippen molar-refractivity contribution in [1.29, 1.82) is 0 Å². The Kier molecular flexibility index (Phi) is 4.19. The molecule has 0 spiro atoms. The van der Waals surface area contributed by atoms with E-state index in [1.54, 1.807) is 6.92 Å². The molecule has 18 heavy (non-hydrogen) atoms. The second kappa shape index (κ2) is 5.85. The maximum Gasteiger partial charge on any atom is 0.321 e. The molecule has 0 saturated heterocycles. The van der Waals surface area contributed by atoms with Gasteiger partial charge in [-0.2, -0.15) is 0 Å². The molecule has 0 aliphatic heterocycles. The van der Waals surface area contributed by atoms with Crippen LogP contribution in [0.25, 0.3) is 0 Å². The second-order valence-corrected chi connectivity index (χ2v) is 4.80. The van der Waals surface area contributed by atoms with E-state index >= 15 is 0 Å². The Morgan fingerprint density at radius 2 is 2.22 bits per heavy atom. The maximum atomic E-state index is 11.4. The van der Waals surface area contributed by atoms with Crippen molar-refractivity contribution in [3.8, 4) is 0 Å². The van der Waals surface area contributed by atoms with Crippen molar-refractivity contribution in [2.75, 3.05) is 12.3 Å². The lowest BCUT2D eigenvalue weighted by atomic mass is 10.4. The quantitative estimate of drug-likeness (QED) is 0.771. The number of amides is 3. The first kappa shape index (κ1) is 12.9. The lowest BCUT2D eigenvalue weighted by molar-refractivity contribution is -0.117. The summed E-state index contributed by atoms with van der Waals surface area (Å²) in [6, 6.07) is -0.493. The van der Waals surface area contributed by atoms with Gasteiger partial charge in [-0.1, -0.05) is 11.8 Å². The summed E-state index contributed by atoms with van der Waals surface area (Å²) < 4.78 is 5.37. The van der Waals surface area contributed by atoms with Gasteiger partial charge in [0.15, 0.2) is 0 Å². The molecule has 1 aromatic rings. The topological polar surface area (TPSA) is 97.1 Å². The van der Waals surface area contributed by atoms with Gasteiger partial charge in [0.2, 0.25) is 11.8 Å². The van der Waals surface area contributed by atoms with Crippen molar-refractivity contribution in [2.45, 2.75) is 30.9 Å². The van der Waals surface area contributed by atoms with Gasteiger partial charge in [-0.05, 0) is 19.8 Å². The third-order valence-electron chi connectivity index (χ3n) is 2.27. The minimum absolute atomic E-state index is 0.0729. The molecular weight excluding hydrogens is 256 g/mol. The van der Waals surface area contributed by atoms with E-state index in [9.17, 15) is 9.59 Å². The normalized spacial score (nSPS) is 14.3. The van der Waals surface area contributed by atoms with E-state index in [1.165, 1.54) is 0 Å². The zero-order chi connectivity index (χ0) is 13.0. The number of imide groups is 1. The standard InChI is InChI=1S/C10H14N4O3S/c1-2-11-9(16)12-7(15)5-18-10-14-13-8(17-10)6-3-4-6/h6H,2-5H2,1H3,(H2,11,12,15,16). The van der Waals surface area contributed by atoms with Crippen molar-refractivity contribution in [1.82, 2.24) is 20.8 Å². The van der Waals surface area contributed by atoms with Crippen LogP contribution < -0.4 is 10.6 Å². The van der Waals surface area contributed by atoms with Crippen LogP contribution in [0.5, 0.6) is 0 Å². The molecule has 2 N–H and O–H groups in total. The summed E-state index contributed by atoms with van der Waals surface area (Å²) >= 11 is 1.12. The minimum Gasteiger partial charge on any atom is -0.416 e. The third-order valence-corrected chi connectivity index (χ3v) is 3.08. The van der Waals surface area contributed by atoms with Gasteiger partial charge in [0.05, 0.1) is 5.75 Å². The Bertz CT molecular complexity index is 444. The van der Waals surface area contributed by atoms with Gasteiger partial charge in [-0.25, -0.2) is 4.79 Å². The van der Waals surface area contributed by atoms with Crippen LogP contribution in [-0.2, 0) is 4.79 Å². The molecule has 0 bridgehead atoms. The van der Waals surface area contributed by atoms with Crippen LogP contribution in [0.2, 0.25) is 0 Å². The molecule has 1 aromatic heterocycles. The first-order valence-corrected chi connectivity index (χ1v) is 6.71. The molecule has 7 nitrogen and oxygen atoms in total. The Hall–Kier alpha value is -1.57. The Morgan fingerprint density at radius 1 is 1.44 bits per heavy atom. The van der Waals surface area contributed by atoms with Crippen LogP contribution in [0.3, 0.4) is 0 Å². The molecule has 0 radical (unpaired) electrons. The van der Waals surface area contributed by atoms with Crippen molar-refractivity contribution in [2.24, 2.45) is 0 Å². The lowest BCUT2D eigenvalue weighted by Crippen LogP contribution is -2.40. The van der Waals surface area contributed by atoms with Crippen LogP contribution in [0.4, 0.5) is 4.79 Å². The van der Waals surface area contributed by atoms with Gasteiger partial charge >= 0.3 is 6.03 Å². The van der Waals surface area contributed by atoms with Crippen LogP contribution in [0, 0.1) is 0 Å². The smallest absolute Gasteiger partial charge is 0.321 e. The number of nitrogens with one attached hydrogen (secondary N) is 2. The number of nitrogens with zero attached hydrogens (tertiary/aromatic N) is 2. The average Bonchev–Trinajstić information content (AvgIpc) is 3.06. The van der Waals surface area contributed by atoms with E-state index in [0.29, 0.717) is 23.6 Å². The second-order valence-electron chi connectivity index (χ2n) is 3.88. The Balaban J connectivity index is 1.72. The molecule has 3 amide bonds. The monoisotopic (exact) mass is 270 g/mol. The molecule has 2 rings (SSSR count). The summed E-state index contributed by atoms with van der Waals surface area (Å²) in [5.74, 6) is 0.721. The lowest BCUT2D eigenvalue weighted by Gasteiger charge is -2.02. The van der Waals surface area contributed by atoms with E-state index in [-0.39, 0.29) is 5.75 Å². The molecule has 1 saturated carbocycles. The summed E-state index contributed by atoms with van der Waals surface area (Å²) in [5.41, 5.74) is 0. The number of thioether (sulfide) groups is 1. The fourth-order valence-corrected chi connectivity index (χ4v) is 1.84. The van der Waals surface area contributed by atoms with Crippen molar-refractivity contribution >= 4 is 23.7 Å². The van der Waals surface area contributed by atoms with E-state index in [1.807, 2.05) is 0 Å². The predicted octanol–water partition coefficient (Wildman–Crippen LogP) is 0.885. The SMILES string of the molecule is CCNC(=O)NC(=O)CSc1nnc(C2CC2)o1. The molecule has 8 heteroatoms. The highest BCUT2D eigenvalue weighted by Crippen LogP contribution is 2.39. The molecule has 0 aromatic carbocycles. The van der Waals surface area contributed by atoms with E-state index in [0.717, 1.165) is 24.6 Å². The summed E-state index contributed by atoms with van der Waals surface area (Å²) in [6.07, 6.45) is 2.17. The predicted molar refractivity (Wildman–Crippen MR) is 64.2 cm³/mol. The summed E-state index contributed by atoms with van der Waals surface area (Å²) in [7, 11) is 0. The minimum atomic E-state index is -0.493. The fourth-order valence-electron chi connectivity index (χ4n) is 1.27. The number of hydrogen-bond acceptors (Lipinski definition) is 6. The summed E-state index contributed by atoms with van der Waals surface area (Å²) in [5, 5.41) is 12.8. The van der Waals surface area contributed by atoms with Gasteiger partial charge in [0.1, 0.15) is 0 Å². The molecule has 1 heterocycles. The molecule has 0 unspecified atom stereocenters. The number of aromatic nitrogens is 2. The molecular formula is C10H14N4O3S. The summed E-state index contributed by atoms with van der Waals surface area (Å²) in [4.78, 5) is 22.4. The van der Waals surface area contributed by atoms with Crippen LogP contribution in [0.1, 0.15) is 31.6 Å². The highest BCUT2D eigenvalue weighted by atomic mass is 32.2. The van der Waals surface area contributed by atoms with Gasteiger partial charge < -0.3 is 9.73 Å². The van der Waals surface area contributed by atoms with Gasteiger partial charge in [0, 0.05) is 12.5 Å². The van der Waals surface area contributed by atoms with Crippen LogP contribution in [-0.4, -0.2) is 34.4 Å². The van der Waals surface area contributed by atoms with E-state index in [4.69, 9.17) is 4.42 Å². The number of hydrogen-bond donors (Lipinski definition) is 2. The number of urea groups is 1. The molecule has 1 aliphatic rings. The zero-order valence-electron chi connectivity index (χ0n) is 9.93. The number of carbonyl (C=O) groups excluding carboxylic acids is 2. The zero-order valence-corrected chi connectivity index (χ0v) is 10.7. The average molecular weight is 270 g/mol. The third kappa shape index (κ3) is 3.73. The van der Waals surface area contributed by atoms with Crippen LogP contribution in [0.15, 0.2) is 9.64 Å². The molecule has 0 atom stereocenters. The van der Waals surface area contributed by atoms with E-state index < -0.39 is 11.9 Å². The van der Waals surface area contributed by atoms with Gasteiger partial charge in [-0.3, -0.25) is 10.1 Å². The van der Waals surface area contributed by atoms with Crippen LogP contribution >= 0.6 is 11.8 Å². The molecule has 1 aliphatic carbocycles. The van der Waals surface area contributed by atoms with Gasteiger partial charge in [0.25, 0.3) is 5.22 Å². The summed E-state index contributed by atoms with van der Waals surface area (Å²) in [6.45, 7) is 2.25. The maximum absolute atomic E-state index is 11.4. The molecule has 1 fully saturated rings. The molecule has 98 valence electrons. The largest absolute Gasteiger partial charge is 0.416 e. The number of carbonyl (C=O) groups is 2. The van der Waals surface area contributed by atoms with Gasteiger partial charge in [-0.15, -0.1) is 10.2 Å². The first-order chi connectivity index (χ1) is 8.69. The van der Waals surface area contributed by atoms with Crippen molar-refractivity contribution in [3.05, 3.63) is 5.89 Å². The number of rotatable bonds is 5. The highest BCUT2D eigenvalue weighted by Gasteiger charge is 2.29. The first-order valence-electron chi connectivity index (χ1n) is 5.73. The Morgan fingerprint density at radius 3 is 2.89 bits per heavy atom. The van der Waals surface area contributed by atoms with Crippen molar-refractivity contribution in [3.63, 3.8) is 0 Å². The van der Waals surface area contributed by atoms with Crippen molar-refractivity contribution < 1.29 is 14.0 Å². The highest BCUT2D eigenvalue weighted by molar-refractivity contribution is 7.99. The fraction of sp³-hybridized carbons (Fsp3) is 0.600. The Labute approximate surface area is 108 Å². The van der Waals surface area contributed by atoms with E-state index in [2.05, 4.69) is 20.8 Å².